The molecule has 0 aliphatic heterocycles. The minimum Gasteiger partial charge on any atom is -0.386 e. The van der Waals surface area contributed by atoms with Crippen LogP contribution in [0.15, 0.2) is 12.2 Å². The van der Waals surface area contributed by atoms with Gasteiger partial charge in [-0.2, -0.15) is 0 Å². The molecule has 13 heavy (non-hydrogen) atoms. The van der Waals surface area contributed by atoms with Crippen molar-refractivity contribution in [3.05, 3.63) is 12.2 Å². The van der Waals surface area contributed by atoms with E-state index in [1.807, 2.05) is 0 Å². The molecule has 1 saturated carbocycles. The molecule has 0 aromatic carbocycles. The molecule has 0 unspecified atom stereocenters. The summed E-state index contributed by atoms with van der Waals surface area (Å²) in [5.41, 5.74) is 0.0404. The smallest absolute Gasteiger partial charge is 0.164 e. The highest BCUT2D eigenvalue weighted by atomic mass is 16.3. The number of carbonyl (C=O) groups is 1. The van der Waals surface area contributed by atoms with E-state index in [0.717, 1.165) is 12.8 Å². The summed E-state index contributed by atoms with van der Waals surface area (Å²) in [6.45, 7) is 3.70. The van der Waals surface area contributed by atoms with Crippen molar-refractivity contribution in [3.63, 3.8) is 0 Å². The van der Waals surface area contributed by atoms with Crippen LogP contribution < -0.4 is 0 Å². The molecule has 1 fully saturated rings. The van der Waals surface area contributed by atoms with E-state index in [-0.39, 0.29) is 17.1 Å². The molecule has 2 bridgehead atoms. The second kappa shape index (κ2) is 2.68. The third-order valence-corrected chi connectivity index (χ3v) is 3.54. The number of aliphatic hydroxyl groups excluding tert-OH is 1. The van der Waals surface area contributed by atoms with Crippen LogP contribution in [0.4, 0.5) is 0 Å². The molecule has 0 aromatic rings. The fraction of sp³-hybridized carbons (Fsp3) is 0.727. The minimum atomic E-state index is -0.797. The van der Waals surface area contributed by atoms with Crippen LogP contribution in [0.5, 0.6) is 0 Å². The first-order valence-corrected chi connectivity index (χ1v) is 4.94. The number of hydrogen-bond donors (Lipinski definition) is 1. The van der Waals surface area contributed by atoms with Crippen LogP contribution in [0.3, 0.4) is 0 Å². The number of Topliss-reactive ketones (excluding diaryl/α,β-unsaturated/α-hetero) is 1. The number of allylic oxidation sites excluding steroid dienone is 2. The molecule has 4 atom stereocenters. The standard InChI is InChI=1S/C11H16O2/c1-7(12)10(13)9-5-8-3-4-11(9,2)6-8/h3-4,7-9,12H,5-6H2,1-2H3/t7-,8-,9+,11-/m0/s1. The molecule has 2 aliphatic carbocycles. The van der Waals surface area contributed by atoms with Gasteiger partial charge in [0.05, 0.1) is 0 Å². The fourth-order valence-corrected chi connectivity index (χ4v) is 2.78. The van der Waals surface area contributed by atoms with E-state index in [1.165, 1.54) is 0 Å². The zero-order valence-electron chi connectivity index (χ0n) is 8.16. The lowest BCUT2D eigenvalue weighted by Crippen LogP contribution is -2.33. The monoisotopic (exact) mass is 180 g/mol. The van der Waals surface area contributed by atoms with E-state index in [4.69, 9.17) is 0 Å². The van der Waals surface area contributed by atoms with Gasteiger partial charge in [0.1, 0.15) is 6.10 Å². The minimum absolute atomic E-state index is 0.0225. The van der Waals surface area contributed by atoms with Crippen LogP contribution in [0.1, 0.15) is 26.7 Å². The molecule has 0 saturated heterocycles. The summed E-state index contributed by atoms with van der Waals surface area (Å²) in [6, 6.07) is 0. The molecule has 0 aromatic heterocycles. The Bertz CT molecular complexity index is 267. The largest absolute Gasteiger partial charge is 0.386 e. The van der Waals surface area contributed by atoms with Gasteiger partial charge in [-0.05, 0) is 31.1 Å². The molecule has 1 N–H and O–H groups in total. The number of rotatable bonds is 2. The van der Waals surface area contributed by atoms with E-state index in [0.29, 0.717) is 5.92 Å². The summed E-state index contributed by atoms with van der Waals surface area (Å²) in [5.74, 6) is 0.662. The molecule has 2 heteroatoms. The van der Waals surface area contributed by atoms with Crippen molar-refractivity contribution in [1.82, 2.24) is 0 Å². The highest BCUT2D eigenvalue weighted by Crippen LogP contribution is 2.53. The Kier molecular flexibility index (Phi) is 1.84. The van der Waals surface area contributed by atoms with E-state index in [1.54, 1.807) is 6.92 Å². The zero-order chi connectivity index (χ0) is 9.64. The number of hydrogen-bond acceptors (Lipinski definition) is 2. The number of fused-ring (bicyclic) bond motifs is 2. The van der Waals surface area contributed by atoms with Crippen molar-refractivity contribution in [2.75, 3.05) is 0 Å². The molecular weight excluding hydrogens is 164 g/mol. The van der Waals surface area contributed by atoms with Gasteiger partial charge in [0.25, 0.3) is 0 Å². The second-order valence-electron chi connectivity index (χ2n) is 4.70. The zero-order valence-corrected chi connectivity index (χ0v) is 8.16. The van der Waals surface area contributed by atoms with Crippen LogP contribution in [-0.4, -0.2) is 17.0 Å². The second-order valence-corrected chi connectivity index (χ2v) is 4.70. The van der Waals surface area contributed by atoms with Gasteiger partial charge < -0.3 is 5.11 Å². The predicted molar refractivity (Wildman–Crippen MR) is 50.1 cm³/mol. The van der Waals surface area contributed by atoms with Gasteiger partial charge >= 0.3 is 0 Å². The van der Waals surface area contributed by atoms with Gasteiger partial charge in [0.2, 0.25) is 0 Å². The highest BCUT2D eigenvalue weighted by molar-refractivity contribution is 5.86. The van der Waals surface area contributed by atoms with E-state index in [2.05, 4.69) is 19.1 Å². The Morgan fingerprint density at radius 3 is 2.77 bits per heavy atom. The van der Waals surface area contributed by atoms with Crippen molar-refractivity contribution in [2.24, 2.45) is 17.3 Å². The average Bonchev–Trinajstić information content (AvgIpc) is 2.57. The highest BCUT2D eigenvalue weighted by Gasteiger charge is 2.48. The van der Waals surface area contributed by atoms with Gasteiger partial charge in [-0.15, -0.1) is 0 Å². The Morgan fingerprint density at radius 2 is 2.38 bits per heavy atom. The fourth-order valence-electron chi connectivity index (χ4n) is 2.78. The summed E-state index contributed by atoms with van der Waals surface area (Å²) in [5, 5.41) is 9.25. The molecule has 0 amide bonds. The summed E-state index contributed by atoms with van der Waals surface area (Å²) < 4.78 is 0. The third kappa shape index (κ3) is 1.24. The van der Waals surface area contributed by atoms with Crippen molar-refractivity contribution in [2.45, 2.75) is 32.8 Å². The van der Waals surface area contributed by atoms with Crippen LogP contribution in [0.25, 0.3) is 0 Å². The normalized spacial score (nSPS) is 43.9. The maximum Gasteiger partial charge on any atom is 0.164 e. The van der Waals surface area contributed by atoms with Crippen LogP contribution in [0, 0.1) is 17.3 Å². The first-order chi connectivity index (χ1) is 6.03. The van der Waals surface area contributed by atoms with Crippen LogP contribution in [0.2, 0.25) is 0 Å². The number of ketones is 1. The first kappa shape index (κ1) is 8.95. The van der Waals surface area contributed by atoms with E-state index in [9.17, 15) is 9.90 Å². The Labute approximate surface area is 78.6 Å². The van der Waals surface area contributed by atoms with E-state index >= 15 is 0 Å². The number of aliphatic hydroxyl groups is 1. The SMILES string of the molecule is C[C@H](O)C(=O)[C@H]1C[C@@H]2C=C[C@@]1(C)C2. The quantitative estimate of drug-likeness (QED) is 0.654. The summed E-state index contributed by atoms with van der Waals surface area (Å²) >= 11 is 0. The maximum atomic E-state index is 11.7. The summed E-state index contributed by atoms with van der Waals surface area (Å²) in [4.78, 5) is 11.7. The van der Waals surface area contributed by atoms with Crippen LogP contribution >= 0.6 is 0 Å². The molecular formula is C11H16O2. The lowest BCUT2D eigenvalue weighted by molar-refractivity contribution is -0.132. The van der Waals surface area contributed by atoms with Gasteiger partial charge in [-0.1, -0.05) is 19.1 Å². The molecule has 2 aliphatic rings. The van der Waals surface area contributed by atoms with Gasteiger partial charge in [0, 0.05) is 5.92 Å². The lowest BCUT2D eigenvalue weighted by atomic mass is 9.76. The molecule has 0 radical (unpaired) electrons. The van der Waals surface area contributed by atoms with Gasteiger partial charge in [-0.3, -0.25) is 4.79 Å². The molecule has 0 spiro atoms. The predicted octanol–water partition coefficient (Wildman–Crippen LogP) is 1.54. The van der Waals surface area contributed by atoms with Gasteiger partial charge in [-0.25, -0.2) is 0 Å². The Morgan fingerprint density at radius 1 is 1.69 bits per heavy atom. The average molecular weight is 180 g/mol. The van der Waals surface area contributed by atoms with Crippen LogP contribution in [-0.2, 0) is 4.79 Å². The van der Waals surface area contributed by atoms with Gasteiger partial charge in [0.15, 0.2) is 5.78 Å². The maximum absolute atomic E-state index is 11.7. The molecule has 72 valence electrons. The molecule has 0 heterocycles. The van der Waals surface area contributed by atoms with Crippen molar-refractivity contribution >= 4 is 5.78 Å². The molecule has 2 nitrogen and oxygen atoms in total. The number of carbonyl (C=O) groups excluding carboxylic acids is 1. The first-order valence-electron chi connectivity index (χ1n) is 4.94. The van der Waals surface area contributed by atoms with Crippen molar-refractivity contribution in [1.29, 1.82) is 0 Å². The third-order valence-electron chi connectivity index (χ3n) is 3.54. The Hall–Kier alpha value is -0.630. The summed E-state index contributed by atoms with van der Waals surface area (Å²) in [7, 11) is 0. The lowest BCUT2D eigenvalue weighted by Gasteiger charge is -2.27. The topological polar surface area (TPSA) is 37.3 Å². The molecule has 2 rings (SSSR count). The summed E-state index contributed by atoms with van der Waals surface area (Å²) in [6.07, 6.45) is 5.61. The van der Waals surface area contributed by atoms with Crippen molar-refractivity contribution < 1.29 is 9.90 Å². The van der Waals surface area contributed by atoms with Crippen molar-refractivity contribution in [3.8, 4) is 0 Å². The Balaban J connectivity index is 2.19. The van der Waals surface area contributed by atoms with E-state index < -0.39 is 6.10 Å².